The first-order valence-corrected chi connectivity index (χ1v) is 9.84. The summed E-state index contributed by atoms with van der Waals surface area (Å²) in [5, 5.41) is 4.15. The van der Waals surface area contributed by atoms with Gasteiger partial charge in [-0.15, -0.1) is 0 Å². The van der Waals surface area contributed by atoms with E-state index in [9.17, 15) is 18.8 Å². The van der Waals surface area contributed by atoms with Crippen LogP contribution in [0.15, 0.2) is 35.1 Å². The average molecular weight is 416 g/mol. The van der Waals surface area contributed by atoms with Gasteiger partial charge in [-0.3, -0.25) is 9.59 Å². The first kappa shape index (κ1) is 21.5. The summed E-state index contributed by atoms with van der Waals surface area (Å²) in [6.07, 6.45) is -0.411. The molecule has 0 atom stereocenters. The minimum atomic E-state index is -0.541. The second-order valence-corrected chi connectivity index (χ2v) is 7.61. The molecule has 2 amide bonds. The molecule has 0 N–H and O–H groups in total. The van der Waals surface area contributed by atoms with Gasteiger partial charge in [-0.05, 0) is 25.0 Å². The van der Waals surface area contributed by atoms with Gasteiger partial charge in [0.1, 0.15) is 11.5 Å². The van der Waals surface area contributed by atoms with Crippen LogP contribution in [0.5, 0.6) is 0 Å². The van der Waals surface area contributed by atoms with Gasteiger partial charge in [-0.25, -0.2) is 13.9 Å². The average Bonchev–Trinajstić information content (AvgIpc) is 2.72. The van der Waals surface area contributed by atoms with E-state index < -0.39 is 23.2 Å². The summed E-state index contributed by atoms with van der Waals surface area (Å²) in [5.74, 6) is -0.815. The van der Waals surface area contributed by atoms with E-state index in [1.54, 1.807) is 19.1 Å². The van der Waals surface area contributed by atoms with Crippen LogP contribution in [0.2, 0.25) is 0 Å². The Kier molecular flexibility index (Phi) is 6.49. The van der Waals surface area contributed by atoms with E-state index in [1.165, 1.54) is 32.7 Å². The van der Waals surface area contributed by atoms with Crippen molar-refractivity contribution >= 4 is 12.0 Å². The highest BCUT2D eigenvalue weighted by atomic mass is 19.1. The Hall–Kier alpha value is -3.23. The third-order valence-electron chi connectivity index (χ3n) is 4.76. The van der Waals surface area contributed by atoms with Crippen molar-refractivity contribution in [3.8, 4) is 5.69 Å². The fourth-order valence-electron chi connectivity index (χ4n) is 3.13. The molecule has 1 aromatic carbocycles. The molecule has 9 heteroatoms. The highest BCUT2D eigenvalue weighted by Gasteiger charge is 2.28. The lowest BCUT2D eigenvalue weighted by Gasteiger charge is -2.34. The van der Waals surface area contributed by atoms with Gasteiger partial charge in [0.05, 0.1) is 6.61 Å². The van der Waals surface area contributed by atoms with E-state index in [2.05, 4.69) is 5.10 Å². The van der Waals surface area contributed by atoms with E-state index >= 15 is 0 Å². The van der Waals surface area contributed by atoms with E-state index in [-0.39, 0.29) is 30.4 Å². The Morgan fingerprint density at radius 1 is 1.13 bits per heavy atom. The number of amides is 2. The van der Waals surface area contributed by atoms with Gasteiger partial charge < -0.3 is 14.5 Å². The predicted octanol–water partition coefficient (Wildman–Crippen LogP) is 2.23. The number of piperazine rings is 1. The second kappa shape index (κ2) is 9.06. The standard InChI is InChI=1S/C21H25FN4O4/c1-14(2)13-30-21(29)25-10-8-24(9-11-25)20(28)19-18(27)12-15(3)26(23-19)17-7-5-4-6-16(17)22/h4-7,12,14H,8-11,13H2,1-3H3. The Morgan fingerprint density at radius 2 is 1.77 bits per heavy atom. The molecule has 0 unspecified atom stereocenters. The number of carbonyl (C=O) groups is 2. The number of para-hydroxylation sites is 1. The maximum absolute atomic E-state index is 14.2. The van der Waals surface area contributed by atoms with Crippen LogP contribution in [0.25, 0.3) is 5.69 Å². The summed E-state index contributed by atoms with van der Waals surface area (Å²) in [5.41, 5.74) is -0.232. The summed E-state index contributed by atoms with van der Waals surface area (Å²) in [6.45, 7) is 6.97. The fourth-order valence-corrected chi connectivity index (χ4v) is 3.13. The van der Waals surface area contributed by atoms with E-state index in [0.29, 0.717) is 25.4 Å². The zero-order chi connectivity index (χ0) is 21.8. The van der Waals surface area contributed by atoms with Gasteiger partial charge in [0.15, 0.2) is 5.69 Å². The molecular weight excluding hydrogens is 391 g/mol. The number of aromatic nitrogens is 2. The summed E-state index contributed by atoms with van der Waals surface area (Å²) in [6, 6.07) is 7.28. The zero-order valence-electron chi connectivity index (χ0n) is 17.3. The molecule has 2 heterocycles. The van der Waals surface area contributed by atoms with Crippen molar-refractivity contribution in [3.63, 3.8) is 0 Å². The van der Waals surface area contributed by atoms with Crippen LogP contribution in [-0.2, 0) is 4.74 Å². The lowest BCUT2D eigenvalue weighted by molar-refractivity contribution is 0.0529. The zero-order valence-corrected chi connectivity index (χ0v) is 17.3. The normalized spacial score (nSPS) is 14.2. The van der Waals surface area contributed by atoms with E-state index in [1.807, 2.05) is 13.8 Å². The topological polar surface area (TPSA) is 84.7 Å². The molecule has 2 aromatic rings. The van der Waals surface area contributed by atoms with Crippen molar-refractivity contribution in [2.45, 2.75) is 20.8 Å². The molecule has 1 fully saturated rings. The third-order valence-corrected chi connectivity index (χ3v) is 4.76. The smallest absolute Gasteiger partial charge is 0.409 e. The molecule has 1 aromatic heterocycles. The molecule has 0 radical (unpaired) electrons. The molecule has 1 aliphatic heterocycles. The summed E-state index contributed by atoms with van der Waals surface area (Å²) < 4.78 is 20.7. The van der Waals surface area contributed by atoms with Crippen molar-refractivity contribution < 1.29 is 18.7 Å². The van der Waals surface area contributed by atoms with Crippen molar-refractivity contribution in [3.05, 3.63) is 57.8 Å². The van der Waals surface area contributed by atoms with Crippen LogP contribution >= 0.6 is 0 Å². The molecule has 160 valence electrons. The largest absolute Gasteiger partial charge is 0.449 e. The first-order valence-electron chi connectivity index (χ1n) is 9.84. The van der Waals surface area contributed by atoms with Gasteiger partial charge >= 0.3 is 6.09 Å². The van der Waals surface area contributed by atoms with Crippen LogP contribution in [-0.4, -0.2) is 64.4 Å². The van der Waals surface area contributed by atoms with E-state index in [0.717, 1.165) is 0 Å². The second-order valence-electron chi connectivity index (χ2n) is 7.61. The summed E-state index contributed by atoms with van der Waals surface area (Å²) >= 11 is 0. The highest BCUT2D eigenvalue weighted by Crippen LogP contribution is 2.14. The highest BCUT2D eigenvalue weighted by molar-refractivity contribution is 5.92. The third kappa shape index (κ3) is 4.67. The number of halogens is 1. The van der Waals surface area contributed by atoms with Gasteiger partial charge in [0.2, 0.25) is 5.43 Å². The minimum Gasteiger partial charge on any atom is -0.449 e. The Bertz CT molecular complexity index is 997. The molecule has 1 aliphatic rings. The van der Waals surface area contributed by atoms with Gasteiger partial charge in [-0.1, -0.05) is 26.0 Å². The van der Waals surface area contributed by atoms with Crippen molar-refractivity contribution in [2.75, 3.05) is 32.8 Å². The van der Waals surface area contributed by atoms with Crippen LogP contribution in [0.3, 0.4) is 0 Å². The lowest BCUT2D eigenvalue weighted by atomic mass is 10.2. The van der Waals surface area contributed by atoms with Crippen LogP contribution in [0.4, 0.5) is 9.18 Å². The Labute approximate surface area is 173 Å². The molecular formula is C21H25FN4O4. The predicted molar refractivity (Wildman–Crippen MR) is 108 cm³/mol. The first-order chi connectivity index (χ1) is 14.3. The fraction of sp³-hybridized carbons (Fsp3) is 0.429. The van der Waals surface area contributed by atoms with Crippen LogP contribution in [0, 0.1) is 18.7 Å². The number of ether oxygens (including phenoxy) is 1. The Morgan fingerprint density at radius 3 is 2.40 bits per heavy atom. The molecule has 8 nitrogen and oxygen atoms in total. The Balaban J connectivity index is 1.75. The van der Waals surface area contributed by atoms with E-state index in [4.69, 9.17) is 4.74 Å². The number of carbonyl (C=O) groups excluding carboxylic acids is 2. The van der Waals surface area contributed by atoms with Crippen molar-refractivity contribution in [1.29, 1.82) is 0 Å². The maximum atomic E-state index is 14.2. The minimum absolute atomic E-state index is 0.154. The SMILES string of the molecule is Cc1cc(=O)c(C(=O)N2CCN(C(=O)OCC(C)C)CC2)nn1-c1ccccc1F. The van der Waals surface area contributed by atoms with Crippen LogP contribution in [0.1, 0.15) is 30.0 Å². The van der Waals surface area contributed by atoms with Crippen molar-refractivity contribution in [1.82, 2.24) is 19.6 Å². The quantitative estimate of drug-likeness (QED) is 0.763. The van der Waals surface area contributed by atoms with Gasteiger partial charge in [0, 0.05) is 37.9 Å². The number of aryl methyl sites for hydroxylation is 1. The molecule has 1 saturated heterocycles. The number of nitrogens with zero attached hydrogens (tertiary/aromatic N) is 4. The monoisotopic (exact) mass is 416 g/mol. The number of hydrogen-bond donors (Lipinski definition) is 0. The lowest BCUT2D eigenvalue weighted by Crippen LogP contribution is -2.51. The maximum Gasteiger partial charge on any atom is 0.409 e. The summed E-state index contributed by atoms with van der Waals surface area (Å²) in [7, 11) is 0. The number of benzene rings is 1. The van der Waals surface area contributed by atoms with Gasteiger partial charge in [0.25, 0.3) is 5.91 Å². The molecule has 0 bridgehead atoms. The molecule has 0 aliphatic carbocycles. The molecule has 30 heavy (non-hydrogen) atoms. The van der Waals surface area contributed by atoms with Crippen molar-refractivity contribution in [2.24, 2.45) is 5.92 Å². The van der Waals surface area contributed by atoms with Crippen LogP contribution < -0.4 is 5.43 Å². The molecule has 0 spiro atoms. The molecule has 0 saturated carbocycles. The van der Waals surface area contributed by atoms with Gasteiger partial charge in [-0.2, -0.15) is 5.10 Å². The summed E-state index contributed by atoms with van der Waals surface area (Å²) in [4.78, 5) is 40.4. The number of rotatable bonds is 4. The number of hydrogen-bond acceptors (Lipinski definition) is 5. The molecule has 3 rings (SSSR count).